The molecule has 34 heavy (non-hydrogen) atoms. The summed E-state index contributed by atoms with van der Waals surface area (Å²) in [4.78, 5) is 0.271. The van der Waals surface area contributed by atoms with Gasteiger partial charge in [-0.2, -0.15) is 0 Å². The van der Waals surface area contributed by atoms with E-state index < -0.39 is 35.8 Å². The van der Waals surface area contributed by atoms with E-state index in [4.69, 9.17) is 9.16 Å². The van der Waals surface area contributed by atoms with E-state index in [-0.39, 0.29) is 4.90 Å². The van der Waals surface area contributed by atoms with Gasteiger partial charge < -0.3 is 9.16 Å². The van der Waals surface area contributed by atoms with Crippen molar-refractivity contribution in [3.05, 3.63) is 121 Å². The molecule has 0 N–H and O–H groups in total. The van der Waals surface area contributed by atoms with E-state index in [0.29, 0.717) is 0 Å². The van der Waals surface area contributed by atoms with Crippen LogP contribution in [0.1, 0.15) is 6.92 Å². The average molecular weight is 487 g/mol. The summed E-state index contributed by atoms with van der Waals surface area (Å²) in [5.74, 6) is 0. The van der Waals surface area contributed by atoms with Crippen molar-refractivity contribution in [2.75, 3.05) is 0 Å². The zero-order valence-electron chi connectivity index (χ0n) is 18.8. The molecule has 1 saturated heterocycles. The molecular weight excluding hydrogens is 460 g/mol. The topological polar surface area (TPSA) is 55.9 Å². The van der Waals surface area contributed by atoms with Crippen molar-refractivity contribution in [1.82, 2.24) is 0 Å². The van der Waals surface area contributed by atoms with E-state index >= 15 is 0 Å². The zero-order valence-corrected chi connectivity index (χ0v) is 20.6. The Morgan fingerprint density at radius 3 is 1.47 bits per heavy atom. The smallest absolute Gasteiger partial charge is 0.288 e. The van der Waals surface area contributed by atoms with Gasteiger partial charge in [0.15, 0.2) is 5.44 Å². The Morgan fingerprint density at radius 1 is 0.676 bits per heavy atom. The molecule has 4 nitrogen and oxygen atoms in total. The lowest BCUT2D eigenvalue weighted by Crippen LogP contribution is -2.70. The van der Waals surface area contributed by atoms with Gasteiger partial charge in [-0.15, -0.1) is 0 Å². The van der Waals surface area contributed by atoms with Gasteiger partial charge in [-0.1, -0.05) is 109 Å². The fourth-order valence-corrected chi connectivity index (χ4v) is 10.2. The van der Waals surface area contributed by atoms with Crippen molar-refractivity contribution in [3.8, 4) is 0 Å². The van der Waals surface area contributed by atoms with E-state index in [9.17, 15) is 8.42 Å². The van der Waals surface area contributed by atoms with E-state index in [2.05, 4.69) is 36.4 Å². The minimum atomic E-state index is -3.60. The number of benzene rings is 4. The Bertz CT molecular complexity index is 1230. The highest BCUT2D eigenvalue weighted by atomic mass is 32.2. The minimum absolute atomic E-state index is 0.271. The van der Waals surface area contributed by atoms with E-state index in [1.807, 2.05) is 61.5 Å². The molecule has 0 spiro atoms. The molecule has 0 bridgehead atoms. The van der Waals surface area contributed by atoms with E-state index in [0.717, 1.165) is 15.6 Å². The third-order valence-electron chi connectivity index (χ3n) is 6.23. The van der Waals surface area contributed by atoms with Crippen molar-refractivity contribution in [1.29, 1.82) is 0 Å². The predicted octanol–water partition coefficient (Wildman–Crippen LogP) is 3.26. The maximum absolute atomic E-state index is 13.1. The molecule has 5 rings (SSSR count). The number of epoxide rings is 1. The minimum Gasteiger partial charge on any atom is -0.399 e. The Kier molecular flexibility index (Phi) is 6.23. The van der Waals surface area contributed by atoms with Gasteiger partial charge in [0.1, 0.15) is 6.10 Å². The second-order valence-electron chi connectivity index (χ2n) is 8.43. The second kappa shape index (κ2) is 9.31. The molecule has 0 saturated carbocycles. The first-order valence-corrected chi connectivity index (χ1v) is 14.8. The summed E-state index contributed by atoms with van der Waals surface area (Å²) in [5.41, 5.74) is -0.904. The SMILES string of the molecule is C[C@H](O[Si](c1ccccc1)(c1ccccc1)c1ccccc1)[C@@H]1O[C@H]1S(=O)(=O)c1ccccc1. The van der Waals surface area contributed by atoms with Gasteiger partial charge in [0.05, 0.1) is 11.0 Å². The number of hydrogen-bond donors (Lipinski definition) is 0. The van der Waals surface area contributed by atoms with Gasteiger partial charge >= 0.3 is 0 Å². The zero-order chi connectivity index (χ0) is 23.6. The molecule has 3 atom stereocenters. The largest absolute Gasteiger partial charge is 0.399 e. The number of sulfone groups is 1. The van der Waals surface area contributed by atoms with Gasteiger partial charge in [0.2, 0.25) is 9.84 Å². The summed E-state index contributed by atoms with van der Waals surface area (Å²) in [6, 6.07) is 39.2. The van der Waals surface area contributed by atoms with E-state index in [1.54, 1.807) is 30.3 Å². The van der Waals surface area contributed by atoms with Crippen molar-refractivity contribution < 1.29 is 17.6 Å². The predicted molar refractivity (Wildman–Crippen MR) is 137 cm³/mol. The Hall–Kier alpha value is -3.03. The van der Waals surface area contributed by atoms with Gasteiger partial charge in [-0.25, -0.2) is 8.42 Å². The lowest BCUT2D eigenvalue weighted by molar-refractivity contribution is 0.176. The van der Waals surface area contributed by atoms with Gasteiger partial charge in [0.25, 0.3) is 8.32 Å². The molecule has 0 unspecified atom stereocenters. The Labute approximate surface area is 201 Å². The van der Waals surface area contributed by atoms with Crippen molar-refractivity contribution in [2.24, 2.45) is 0 Å². The molecule has 4 aromatic rings. The number of hydrogen-bond acceptors (Lipinski definition) is 4. The molecule has 1 heterocycles. The van der Waals surface area contributed by atoms with Crippen LogP contribution in [0.5, 0.6) is 0 Å². The summed E-state index contributed by atoms with van der Waals surface area (Å²) in [7, 11) is -6.55. The monoisotopic (exact) mass is 486 g/mol. The van der Waals surface area contributed by atoms with Crippen molar-refractivity contribution >= 4 is 33.7 Å². The molecule has 1 aliphatic heterocycles. The van der Waals surface area contributed by atoms with Crippen LogP contribution in [-0.4, -0.2) is 34.4 Å². The molecular formula is C28H26O4SSi. The molecule has 172 valence electrons. The quantitative estimate of drug-likeness (QED) is 0.218. The molecule has 4 aromatic carbocycles. The molecule has 0 aliphatic carbocycles. The van der Waals surface area contributed by atoms with Gasteiger partial charge in [0, 0.05) is 0 Å². The molecule has 1 fully saturated rings. The first-order valence-electron chi connectivity index (χ1n) is 11.3. The third kappa shape index (κ3) is 4.14. The molecule has 6 heteroatoms. The van der Waals surface area contributed by atoms with Crippen molar-refractivity contribution in [3.63, 3.8) is 0 Å². The molecule has 1 aliphatic rings. The summed E-state index contributed by atoms with van der Waals surface area (Å²) in [5, 5.41) is 3.30. The maximum atomic E-state index is 13.1. The molecule has 0 radical (unpaired) electrons. The van der Waals surface area contributed by atoms with Crippen molar-refractivity contribution in [2.45, 2.75) is 29.5 Å². The number of rotatable bonds is 8. The summed E-state index contributed by atoms with van der Waals surface area (Å²) >= 11 is 0. The highest BCUT2D eigenvalue weighted by Crippen LogP contribution is 2.36. The Morgan fingerprint density at radius 2 is 1.06 bits per heavy atom. The van der Waals surface area contributed by atoms with Gasteiger partial charge in [-0.3, -0.25) is 0 Å². The first kappa shape index (κ1) is 22.7. The van der Waals surface area contributed by atoms with E-state index in [1.165, 1.54) is 0 Å². The van der Waals surface area contributed by atoms with Crippen LogP contribution in [-0.2, 0) is 19.0 Å². The highest BCUT2D eigenvalue weighted by Gasteiger charge is 2.55. The normalized spacial score (nSPS) is 18.9. The summed E-state index contributed by atoms with van der Waals surface area (Å²) in [6.07, 6.45) is -0.969. The fraction of sp³-hybridized carbons (Fsp3) is 0.143. The average Bonchev–Trinajstić information content (AvgIpc) is 3.72. The van der Waals surface area contributed by atoms with Crippen LogP contribution < -0.4 is 15.6 Å². The Balaban J connectivity index is 1.55. The maximum Gasteiger partial charge on any atom is 0.288 e. The summed E-state index contributed by atoms with van der Waals surface area (Å²) < 4.78 is 39.0. The molecule has 0 amide bonds. The van der Waals surface area contributed by atoms with Crippen LogP contribution >= 0.6 is 0 Å². The van der Waals surface area contributed by atoms with Crippen LogP contribution in [0, 0.1) is 0 Å². The van der Waals surface area contributed by atoms with Gasteiger partial charge in [-0.05, 0) is 34.6 Å². The lowest BCUT2D eigenvalue weighted by atomic mass is 10.3. The highest BCUT2D eigenvalue weighted by molar-refractivity contribution is 7.92. The molecule has 0 aromatic heterocycles. The number of ether oxygens (including phenoxy) is 1. The lowest BCUT2D eigenvalue weighted by Gasteiger charge is -2.35. The summed E-state index contributed by atoms with van der Waals surface area (Å²) in [6.45, 7) is 1.92. The third-order valence-corrected chi connectivity index (χ3v) is 12.3. The second-order valence-corrected chi connectivity index (χ2v) is 13.8. The van der Waals surface area contributed by atoms with Crippen LogP contribution in [0.15, 0.2) is 126 Å². The first-order chi connectivity index (χ1) is 16.5. The van der Waals surface area contributed by atoms with Crippen LogP contribution in [0.4, 0.5) is 0 Å². The fourth-order valence-electron chi connectivity index (χ4n) is 4.50. The van der Waals surface area contributed by atoms with Crippen LogP contribution in [0.3, 0.4) is 0 Å². The standard InChI is InChI=1S/C28H26O4SSi/c1-22(27-28(31-27)33(29,30)23-14-6-2-7-15-23)32-34(24-16-8-3-9-17-24,25-18-10-4-11-19-25)26-20-12-5-13-21-26/h2-22,27-28H,1H3/t22-,27-,28-/m0/s1. The van der Waals surface area contributed by atoms with Crippen LogP contribution in [0.25, 0.3) is 0 Å². The van der Waals surface area contributed by atoms with Crippen LogP contribution in [0.2, 0.25) is 0 Å².